The molecule has 0 aliphatic rings. The van der Waals surface area contributed by atoms with Gasteiger partial charge in [0.2, 0.25) is 29.5 Å². The third-order valence-electron chi connectivity index (χ3n) is 7.12. The molecule has 0 bridgehead atoms. The summed E-state index contributed by atoms with van der Waals surface area (Å²) < 4.78 is 0. The molecule has 10 N–H and O–H groups in total. The molecule has 0 saturated carbocycles. The maximum absolute atomic E-state index is 13.3. The second-order valence-electron chi connectivity index (χ2n) is 11.4. The summed E-state index contributed by atoms with van der Waals surface area (Å²) >= 11 is 0. The Balaban J connectivity index is 3.17. The molecule has 0 spiro atoms. The van der Waals surface area contributed by atoms with E-state index >= 15 is 0 Å². The van der Waals surface area contributed by atoms with Crippen LogP contribution in [0.4, 0.5) is 0 Å². The van der Waals surface area contributed by atoms with Gasteiger partial charge in [-0.3, -0.25) is 28.8 Å². The predicted octanol–water partition coefficient (Wildman–Crippen LogP) is -0.587. The first-order valence-electron chi connectivity index (χ1n) is 14.8. The number of carbonyl (C=O) groups is 7. The van der Waals surface area contributed by atoms with Gasteiger partial charge in [-0.2, -0.15) is 0 Å². The van der Waals surface area contributed by atoms with E-state index in [1.165, 1.54) is 0 Å². The number of rotatable bonds is 20. The highest BCUT2D eigenvalue weighted by molar-refractivity contribution is 5.97. The predicted molar refractivity (Wildman–Crippen MR) is 163 cm³/mol. The lowest BCUT2D eigenvalue weighted by Gasteiger charge is -2.27. The van der Waals surface area contributed by atoms with Crippen molar-refractivity contribution in [2.24, 2.45) is 23.3 Å². The molecule has 0 radical (unpaired) electrons. The molecule has 0 saturated heterocycles. The fraction of sp³-hybridized carbons (Fsp3) is 0.567. The van der Waals surface area contributed by atoms with Crippen LogP contribution in [0.25, 0.3) is 0 Å². The van der Waals surface area contributed by atoms with Gasteiger partial charge in [-0.05, 0) is 30.2 Å². The zero-order valence-electron chi connectivity index (χ0n) is 26.1. The number of carboxylic acid groups (broad SMARTS) is 2. The van der Waals surface area contributed by atoms with Gasteiger partial charge in [0.25, 0.3) is 0 Å². The zero-order chi connectivity index (χ0) is 34.3. The van der Waals surface area contributed by atoms with Crippen LogP contribution in [0, 0.1) is 11.8 Å². The minimum absolute atomic E-state index is 0.0267. The van der Waals surface area contributed by atoms with E-state index in [4.69, 9.17) is 11.5 Å². The van der Waals surface area contributed by atoms with Crippen LogP contribution in [0.5, 0.6) is 0 Å². The molecule has 0 aliphatic carbocycles. The number of hydrogen-bond donors (Lipinski definition) is 8. The molecule has 15 nitrogen and oxygen atoms in total. The Morgan fingerprint density at radius 2 is 1.27 bits per heavy atom. The first kappa shape index (κ1) is 38.5. The van der Waals surface area contributed by atoms with Crippen molar-refractivity contribution in [3.05, 3.63) is 35.9 Å². The molecule has 45 heavy (non-hydrogen) atoms. The zero-order valence-corrected chi connectivity index (χ0v) is 26.1. The summed E-state index contributed by atoms with van der Waals surface area (Å²) in [4.78, 5) is 87.3. The summed E-state index contributed by atoms with van der Waals surface area (Å²) in [6, 6.07) is 1.94. The normalized spacial score (nSPS) is 15.0. The van der Waals surface area contributed by atoms with Crippen molar-refractivity contribution in [1.29, 1.82) is 0 Å². The Labute approximate surface area is 262 Å². The molecule has 0 heterocycles. The van der Waals surface area contributed by atoms with Crippen LogP contribution in [-0.4, -0.2) is 81.9 Å². The molecule has 250 valence electrons. The molecular formula is C30H46N6O9. The molecule has 1 rings (SSSR count). The van der Waals surface area contributed by atoms with Crippen molar-refractivity contribution in [1.82, 2.24) is 21.3 Å². The van der Waals surface area contributed by atoms with Crippen LogP contribution >= 0.6 is 0 Å². The van der Waals surface area contributed by atoms with Crippen LogP contribution in [0.1, 0.15) is 65.4 Å². The van der Waals surface area contributed by atoms with E-state index in [0.29, 0.717) is 12.0 Å². The summed E-state index contributed by atoms with van der Waals surface area (Å²) in [7, 11) is 0. The largest absolute Gasteiger partial charge is 0.481 e. The molecule has 1 aromatic carbocycles. The van der Waals surface area contributed by atoms with Crippen molar-refractivity contribution >= 4 is 41.5 Å². The van der Waals surface area contributed by atoms with Gasteiger partial charge in [-0.1, -0.05) is 64.4 Å². The number of carbonyl (C=O) groups excluding carboxylic acids is 5. The van der Waals surface area contributed by atoms with Gasteiger partial charge < -0.3 is 42.9 Å². The summed E-state index contributed by atoms with van der Waals surface area (Å²) in [6.45, 7) is 7.08. The second-order valence-corrected chi connectivity index (χ2v) is 11.4. The number of nitrogens with two attached hydrogens (primary N) is 2. The Bertz CT molecular complexity index is 1190. The van der Waals surface area contributed by atoms with E-state index in [-0.39, 0.29) is 37.5 Å². The minimum Gasteiger partial charge on any atom is -0.481 e. The van der Waals surface area contributed by atoms with Gasteiger partial charge in [0.1, 0.15) is 24.2 Å². The number of amides is 5. The van der Waals surface area contributed by atoms with Gasteiger partial charge in [-0.25, -0.2) is 4.79 Å². The maximum Gasteiger partial charge on any atom is 0.326 e. The fourth-order valence-corrected chi connectivity index (χ4v) is 4.29. The average Bonchev–Trinajstić information content (AvgIpc) is 2.96. The number of primary amides is 1. The van der Waals surface area contributed by atoms with Gasteiger partial charge in [0.05, 0.1) is 12.5 Å². The van der Waals surface area contributed by atoms with Crippen molar-refractivity contribution in [2.45, 2.75) is 96.4 Å². The molecule has 0 unspecified atom stereocenters. The third-order valence-corrected chi connectivity index (χ3v) is 7.12. The first-order chi connectivity index (χ1) is 21.0. The topological polar surface area (TPSA) is 260 Å². The maximum atomic E-state index is 13.3. The molecule has 5 amide bonds. The van der Waals surface area contributed by atoms with Crippen LogP contribution in [0.15, 0.2) is 30.3 Å². The van der Waals surface area contributed by atoms with Crippen molar-refractivity contribution in [3.63, 3.8) is 0 Å². The Morgan fingerprint density at radius 3 is 1.78 bits per heavy atom. The van der Waals surface area contributed by atoms with Gasteiger partial charge in [0.15, 0.2) is 0 Å². The van der Waals surface area contributed by atoms with E-state index in [0.717, 1.165) is 0 Å². The standard InChI is InChI=1S/C30H46N6O9/c1-5-17(4)25(32)29(43)33-19(11-12-23(31)37)26(40)35-21(15-24(38)39)28(42)34-20(13-16(2)3)27(41)36-22(30(44)45)14-18-9-7-6-8-10-18/h6-10,16-17,19-22,25H,5,11-15,32H2,1-4H3,(H2,31,37)(H,33,43)(H,34,42)(H,35,40)(H,36,41)(H,38,39)(H,44,45)/t17-,19-,20-,21-,22-,25-/m0/s1. The molecule has 15 heteroatoms. The van der Waals surface area contributed by atoms with Crippen LogP contribution < -0.4 is 32.7 Å². The van der Waals surface area contributed by atoms with Gasteiger partial charge >= 0.3 is 11.9 Å². The molecule has 0 aliphatic heterocycles. The Kier molecular flexibility index (Phi) is 16.2. The number of carboxylic acids is 2. The lowest BCUT2D eigenvalue weighted by atomic mass is 9.98. The SMILES string of the molecule is CC[C@H](C)[C@H](N)C(=O)N[C@@H](CCC(N)=O)C(=O)N[C@@H](CC(=O)O)C(=O)N[C@@H](CC(C)C)C(=O)N[C@@H](Cc1ccccc1)C(=O)O. The van der Waals surface area contributed by atoms with Crippen LogP contribution in [-0.2, 0) is 40.0 Å². The highest BCUT2D eigenvalue weighted by Crippen LogP contribution is 2.10. The average molecular weight is 635 g/mol. The van der Waals surface area contributed by atoms with E-state index in [1.807, 2.05) is 6.92 Å². The number of aliphatic carboxylic acids is 2. The van der Waals surface area contributed by atoms with Gasteiger partial charge in [-0.15, -0.1) is 0 Å². The molecule has 1 aromatic rings. The summed E-state index contributed by atoms with van der Waals surface area (Å²) in [5.41, 5.74) is 11.8. The monoisotopic (exact) mass is 634 g/mol. The van der Waals surface area contributed by atoms with E-state index in [2.05, 4.69) is 21.3 Å². The fourth-order valence-electron chi connectivity index (χ4n) is 4.29. The van der Waals surface area contributed by atoms with Crippen molar-refractivity contribution in [3.8, 4) is 0 Å². The smallest absolute Gasteiger partial charge is 0.326 e. The minimum atomic E-state index is -1.70. The third kappa shape index (κ3) is 14.2. The number of benzene rings is 1. The van der Waals surface area contributed by atoms with E-state index in [9.17, 15) is 43.8 Å². The van der Waals surface area contributed by atoms with E-state index in [1.54, 1.807) is 51.1 Å². The lowest BCUT2D eigenvalue weighted by molar-refractivity contribution is -0.143. The number of nitrogens with one attached hydrogen (secondary N) is 4. The first-order valence-corrected chi connectivity index (χ1v) is 14.8. The van der Waals surface area contributed by atoms with Crippen molar-refractivity contribution in [2.75, 3.05) is 0 Å². The Morgan fingerprint density at radius 1 is 0.756 bits per heavy atom. The summed E-state index contributed by atoms with van der Waals surface area (Å²) in [6.07, 6.45) is -0.843. The van der Waals surface area contributed by atoms with E-state index < -0.39 is 78.1 Å². The highest BCUT2D eigenvalue weighted by Gasteiger charge is 2.33. The van der Waals surface area contributed by atoms with Crippen molar-refractivity contribution < 1.29 is 43.8 Å². The summed E-state index contributed by atoms with van der Waals surface area (Å²) in [5.74, 6) is -7.42. The molecular weight excluding hydrogens is 588 g/mol. The summed E-state index contributed by atoms with van der Waals surface area (Å²) in [5, 5.41) is 28.7. The molecule has 0 fully saturated rings. The quantitative estimate of drug-likeness (QED) is 0.0904. The highest BCUT2D eigenvalue weighted by atomic mass is 16.4. The Hall–Kier alpha value is -4.53. The lowest BCUT2D eigenvalue weighted by Crippen LogP contribution is -2.59. The molecule has 6 atom stereocenters. The van der Waals surface area contributed by atoms with Gasteiger partial charge in [0, 0.05) is 12.8 Å². The van der Waals surface area contributed by atoms with Crippen LogP contribution in [0.3, 0.4) is 0 Å². The number of hydrogen-bond acceptors (Lipinski definition) is 8. The van der Waals surface area contributed by atoms with Crippen LogP contribution in [0.2, 0.25) is 0 Å². The second kappa shape index (κ2) is 19.0. The molecule has 0 aromatic heterocycles.